The molecule has 3 rings (SSSR count). The Morgan fingerprint density at radius 1 is 1.00 bits per heavy atom. The highest BCUT2D eigenvalue weighted by molar-refractivity contribution is 5.66. The quantitative estimate of drug-likeness (QED) is 0.710. The second kappa shape index (κ2) is 8.50. The average Bonchev–Trinajstić information content (AvgIpc) is 2.64. The van der Waals surface area contributed by atoms with Crippen LogP contribution in [0.25, 0.3) is 5.57 Å². The lowest BCUT2D eigenvalue weighted by Crippen LogP contribution is -2.44. The lowest BCUT2D eigenvalue weighted by molar-refractivity contribution is -0.138. The number of aryl methyl sites for hydroxylation is 1. The molecule has 0 spiro atoms. The van der Waals surface area contributed by atoms with Gasteiger partial charge in [-0.3, -0.25) is 4.90 Å². The van der Waals surface area contributed by atoms with Gasteiger partial charge < -0.3 is 4.90 Å². The largest absolute Gasteiger partial charge is 0.416 e. The Kier molecular flexibility index (Phi) is 6.26. The van der Waals surface area contributed by atoms with Crippen molar-refractivity contribution in [3.8, 4) is 0 Å². The van der Waals surface area contributed by atoms with Crippen LogP contribution in [-0.4, -0.2) is 43.0 Å². The first-order valence-electron chi connectivity index (χ1n) is 9.57. The van der Waals surface area contributed by atoms with Crippen LogP contribution in [0.2, 0.25) is 0 Å². The second-order valence-electron chi connectivity index (χ2n) is 7.72. The predicted molar refractivity (Wildman–Crippen MR) is 108 cm³/mol. The fourth-order valence-electron chi connectivity index (χ4n) is 3.52. The van der Waals surface area contributed by atoms with Gasteiger partial charge in [-0.1, -0.05) is 48.5 Å². The van der Waals surface area contributed by atoms with Crippen LogP contribution in [0, 0.1) is 6.92 Å². The number of piperazine rings is 1. The van der Waals surface area contributed by atoms with Crippen molar-refractivity contribution in [3.05, 3.63) is 76.9 Å². The highest BCUT2D eigenvalue weighted by Gasteiger charge is 2.34. The van der Waals surface area contributed by atoms with Crippen LogP contribution in [0.5, 0.6) is 0 Å². The summed E-state index contributed by atoms with van der Waals surface area (Å²) in [5, 5.41) is 0. The van der Waals surface area contributed by atoms with E-state index in [1.54, 1.807) is 12.1 Å². The van der Waals surface area contributed by atoms with Crippen molar-refractivity contribution in [3.63, 3.8) is 0 Å². The van der Waals surface area contributed by atoms with Gasteiger partial charge in [0.1, 0.15) is 0 Å². The molecule has 0 aliphatic carbocycles. The summed E-state index contributed by atoms with van der Waals surface area (Å²) in [6.45, 7) is 9.76. The molecule has 28 heavy (non-hydrogen) atoms. The third-order valence-electron chi connectivity index (χ3n) is 5.35. The summed E-state index contributed by atoms with van der Waals surface area (Å²) in [7, 11) is 2.04. The van der Waals surface area contributed by atoms with E-state index in [2.05, 4.69) is 16.4 Å². The number of benzene rings is 2. The Balaban J connectivity index is 1.78. The highest BCUT2D eigenvalue weighted by Crippen LogP contribution is 2.34. The first-order valence-corrected chi connectivity index (χ1v) is 9.57. The number of hydrogen-bond acceptors (Lipinski definition) is 2. The van der Waals surface area contributed by atoms with Crippen molar-refractivity contribution >= 4 is 5.57 Å². The summed E-state index contributed by atoms with van der Waals surface area (Å²) in [4.78, 5) is 4.29. The molecule has 2 aromatic rings. The molecule has 5 heteroatoms. The smallest absolute Gasteiger partial charge is 0.304 e. The van der Waals surface area contributed by atoms with Crippen LogP contribution in [0.3, 0.4) is 0 Å². The summed E-state index contributed by atoms with van der Waals surface area (Å²) in [5.74, 6) is 0. The molecular formula is C23H27F3N2. The van der Waals surface area contributed by atoms with Gasteiger partial charge in [0.05, 0.1) is 5.56 Å². The molecule has 150 valence electrons. The van der Waals surface area contributed by atoms with E-state index in [4.69, 9.17) is 0 Å². The van der Waals surface area contributed by atoms with E-state index in [1.165, 1.54) is 6.07 Å². The molecule has 1 aliphatic rings. The van der Waals surface area contributed by atoms with Crippen molar-refractivity contribution in [2.24, 2.45) is 0 Å². The Hall–Kier alpha value is -2.11. The number of likely N-dealkylation sites (N-methyl/N-ethyl adjacent to an activating group) is 1. The predicted octanol–water partition coefficient (Wildman–Crippen LogP) is 5.02. The Labute approximate surface area is 165 Å². The molecule has 0 unspecified atom stereocenters. The van der Waals surface area contributed by atoms with E-state index in [1.807, 2.05) is 38.2 Å². The van der Waals surface area contributed by atoms with E-state index in [-0.39, 0.29) is 0 Å². The van der Waals surface area contributed by atoms with Gasteiger partial charge >= 0.3 is 6.18 Å². The lowest BCUT2D eigenvalue weighted by atomic mass is 9.95. The van der Waals surface area contributed by atoms with Crippen LogP contribution in [0.4, 0.5) is 13.2 Å². The molecule has 0 aromatic heterocycles. The van der Waals surface area contributed by atoms with Gasteiger partial charge in [0, 0.05) is 32.7 Å². The molecule has 1 fully saturated rings. The molecule has 1 saturated heterocycles. The van der Waals surface area contributed by atoms with Gasteiger partial charge in [-0.2, -0.15) is 13.2 Å². The summed E-state index contributed by atoms with van der Waals surface area (Å²) in [5.41, 5.74) is 3.38. The highest BCUT2D eigenvalue weighted by atomic mass is 19.4. The first-order chi connectivity index (χ1) is 13.2. The number of halogens is 3. The normalized spacial score (nSPS) is 16.3. The third kappa shape index (κ3) is 5.24. The molecule has 0 amide bonds. The Bertz CT molecular complexity index is 817. The Morgan fingerprint density at radius 3 is 2.25 bits per heavy atom. The zero-order valence-electron chi connectivity index (χ0n) is 16.5. The molecule has 1 aliphatic heterocycles. The topological polar surface area (TPSA) is 6.48 Å². The maximum atomic E-state index is 13.7. The van der Waals surface area contributed by atoms with Gasteiger partial charge in [0.25, 0.3) is 0 Å². The van der Waals surface area contributed by atoms with Crippen LogP contribution in [0.1, 0.15) is 27.8 Å². The maximum Gasteiger partial charge on any atom is 0.416 e. The van der Waals surface area contributed by atoms with Gasteiger partial charge in [0.2, 0.25) is 0 Å². The Morgan fingerprint density at radius 2 is 1.64 bits per heavy atom. The minimum absolute atomic E-state index is 0.335. The standard InChI is InChI=1S/C23H27F3N2/c1-17-4-7-20(8-5-17)18(2)14-19-6-9-21(22(15-19)23(24,25)26)16-28-12-10-27(3)11-13-28/h4-9,15H,2,10-14,16H2,1,3H3. The SMILES string of the molecule is C=C(Cc1ccc(CN2CCN(C)CC2)c(C(F)(F)F)c1)c1ccc(C)cc1. The van der Waals surface area contributed by atoms with Gasteiger partial charge in [-0.05, 0) is 48.7 Å². The minimum Gasteiger partial charge on any atom is -0.304 e. The monoisotopic (exact) mass is 388 g/mol. The van der Waals surface area contributed by atoms with Crippen molar-refractivity contribution in [1.82, 2.24) is 9.80 Å². The molecular weight excluding hydrogens is 361 g/mol. The van der Waals surface area contributed by atoms with Gasteiger partial charge in [-0.25, -0.2) is 0 Å². The van der Waals surface area contributed by atoms with Gasteiger partial charge in [-0.15, -0.1) is 0 Å². The molecule has 0 radical (unpaired) electrons. The second-order valence-corrected chi connectivity index (χ2v) is 7.72. The fourth-order valence-corrected chi connectivity index (χ4v) is 3.52. The molecule has 2 nitrogen and oxygen atoms in total. The zero-order valence-corrected chi connectivity index (χ0v) is 16.5. The molecule has 0 bridgehead atoms. The van der Waals surface area contributed by atoms with E-state index in [0.29, 0.717) is 24.1 Å². The zero-order chi connectivity index (χ0) is 20.3. The van der Waals surface area contributed by atoms with Crippen molar-refractivity contribution in [2.45, 2.75) is 26.1 Å². The van der Waals surface area contributed by atoms with Crippen LogP contribution >= 0.6 is 0 Å². The summed E-state index contributed by atoms with van der Waals surface area (Å²) in [6, 6.07) is 12.6. The fraction of sp³-hybridized carbons (Fsp3) is 0.391. The number of alkyl halides is 3. The summed E-state index contributed by atoms with van der Waals surface area (Å²) < 4.78 is 41.1. The van der Waals surface area contributed by atoms with E-state index >= 15 is 0 Å². The third-order valence-corrected chi connectivity index (χ3v) is 5.35. The molecule has 0 N–H and O–H groups in total. The molecule has 2 aromatic carbocycles. The van der Waals surface area contributed by atoms with Crippen molar-refractivity contribution in [1.29, 1.82) is 0 Å². The van der Waals surface area contributed by atoms with Crippen LogP contribution < -0.4 is 0 Å². The van der Waals surface area contributed by atoms with Crippen LogP contribution in [-0.2, 0) is 19.1 Å². The average molecular weight is 388 g/mol. The number of allylic oxidation sites excluding steroid dienone is 1. The number of hydrogen-bond donors (Lipinski definition) is 0. The van der Waals surface area contributed by atoms with E-state index < -0.39 is 11.7 Å². The summed E-state index contributed by atoms with van der Waals surface area (Å²) in [6.07, 6.45) is -3.95. The van der Waals surface area contributed by atoms with Gasteiger partial charge in [0.15, 0.2) is 0 Å². The molecule has 0 saturated carbocycles. The van der Waals surface area contributed by atoms with E-state index in [0.717, 1.165) is 42.9 Å². The van der Waals surface area contributed by atoms with Crippen molar-refractivity contribution in [2.75, 3.05) is 33.2 Å². The first kappa shape index (κ1) is 20.6. The van der Waals surface area contributed by atoms with Crippen LogP contribution in [0.15, 0.2) is 49.0 Å². The molecule has 1 heterocycles. The lowest BCUT2D eigenvalue weighted by Gasteiger charge is -2.33. The maximum absolute atomic E-state index is 13.7. The summed E-state index contributed by atoms with van der Waals surface area (Å²) >= 11 is 0. The van der Waals surface area contributed by atoms with Crippen molar-refractivity contribution < 1.29 is 13.2 Å². The molecule has 0 atom stereocenters. The number of nitrogens with zero attached hydrogens (tertiary/aromatic N) is 2. The number of rotatable bonds is 5. The van der Waals surface area contributed by atoms with E-state index in [9.17, 15) is 13.2 Å². The minimum atomic E-state index is -4.36.